The lowest BCUT2D eigenvalue weighted by Gasteiger charge is -2.08. The third kappa shape index (κ3) is 3.97. The van der Waals surface area contributed by atoms with Gasteiger partial charge in [-0.1, -0.05) is 47.0 Å². The number of amides is 2. The first-order chi connectivity index (χ1) is 9.97. The van der Waals surface area contributed by atoms with Crippen LogP contribution in [-0.4, -0.2) is 11.8 Å². The first kappa shape index (κ1) is 15.4. The largest absolute Gasteiger partial charge is 0.318 e. The molecule has 0 heterocycles. The van der Waals surface area contributed by atoms with Gasteiger partial charge < -0.3 is 10.6 Å². The number of hydrogen-bond donors (Lipinski definition) is 2. The fourth-order valence-electron chi connectivity index (χ4n) is 1.60. The number of hydrogen-bond acceptors (Lipinski definition) is 2. The van der Waals surface area contributed by atoms with Crippen LogP contribution in [0.5, 0.6) is 0 Å². The summed E-state index contributed by atoms with van der Waals surface area (Å²) in [4.78, 5) is 23.6. The second-order valence-corrected chi connectivity index (χ2v) is 5.16. The molecule has 21 heavy (non-hydrogen) atoms. The molecule has 0 bridgehead atoms. The van der Waals surface area contributed by atoms with E-state index in [1.54, 1.807) is 30.3 Å². The van der Waals surface area contributed by atoms with E-state index in [0.717, 1.165) is 5.56 Å². The molecule has 2 N–H and O–H groups in total. The van der Waals surface area contributed by atoms with Crippen LogP contribution in [-0.2, 0) is 9.59 Å². The molecule has 0 aromatic heterocycles. The topological polar surface area (TPSA) is 58.2 Å². The number of halogens is 2. The number of aryl methyl sites for hydroxylation is 1. The van der Waals surface area contributed by atoms with E-state index in [-0.39, 0.29) is 10.7 Å². The van der Waals surface area contributed by atoms with Crippen molar-refractivity contribution in [3.63, 3.8) is 0 Å². The monoisotopic (exact) mass is 322 g/mol. The van der Waals surface area contributed by atoms with Crippen LogP contribution >= 0.6 is 23.2 Å². The molecule has 0 fully saturated rings. The summed E-state index contributed by atoms with van der Waals surface area (Å²) >= 11 is 11.8. The summed E-state index contributed by atoms with van der Waals surface area (Å²) in [6, 6.07) is 11.9. The Balaban J connectivity index is 2.04. The highest BCUT2D eigenvalue weighted by Crippen LogP contribution is 2.29. The minimum atomic E-state index is -0.820. The highest BCUT2D eigenvalue weighted by Gasteiger charge is 2.16. The van der Waals surface area contributed by atoms with E-state index in [9.17, 15) is 9.59 Å². The molecule has 4 nitrogen and oxygen atoms in total. The summed E-state index contributed by atoms with van der Waals surface area (Å²) in [6.07, 6.45) is 0. The Hall–Kier alpha value is -2.04. The predicted octanol–water partition coefficient (Wildman–Crippen LogP) is 3.88. The first-order valence-corrected chi connectivity index (χ1v) is 6.86. The van der Waals surface area contributed by atoms with Crippen molar-refractivity contribution in [2.24, 2.45) is 0 Å². The molecule has 0 aliphatic heterocycles. The van der Waals surface area contributed by atoms with Gasteiger partial charge in [0.15, 0.2) is 0 Å². The van der Waals surface area contributed by atoms with Gasteiger partial charge >= 0.3 is 11.8 Å². The van der Waals surface area contributed by atoms with Gasteiger partial charge in [0.1, 0.15) is 0 Å². The number of benzene rings is 2. The lowest BCUT2D eigenvalue weighted by atomic mass is 10.2. The lowest BCUT2D eigenvalue weighted by Crippen LogP contribution is -2.29. The van der Waals surface area contributed by atoms with Gasteiger partial charge in [-0.25, -0.2) is 0 Å². The zero-order valence-electron chi connectivity index (χ0n) is 11.1. The normalized spacial score (nSPS) is 10.0. The van der Waals surface area contributed by atoms with Crippen molar-refractivity contribution in [3.8, 4) is 0 Å². The Morgan fingerprint density at radius 1 is 0.905 bits per heavy atom. The molecule has 0 saturated carbocycles. The quantitative estimate of drug-likeness (QED) is 0.824. The van der Waals surface area contributed by atoms with Crippen LogP contribution in [0.3, 0.4) is 0 Å². The highest BCUT2D eigenvalue weighted by atomic mass is 35.5. The smallest absolute Gasteiger partial charge is 0.314 e. The standard InChI is InChI=1S/C15H12Cl2N2O2/c1-9-5-7-10(8-6-9)18-14(20)15(21)19-12-4-2-3-11(16)13(12)17/h2-8H,1H3,(H,18,20)(H,19,21). The van der Waals surface area contributed by atoms with Gasteiger partial charge in [0.2, 0.25) is 0 Å². The van der Waals surface area contributed by atoms with Crippen LogP contribution in [0.1, 0.15) is 5.56 Å². The Kier molecular flexibility index (Phi) is 4.83. The predicted molar refractivity (Wildman–Crippen MR) is 84.9 cm³/mol. The SMILES string of the molecule is Cc1ccc(NC(=O)C(=O)Nc2cccc(Cl)c2Cl)cc1. The third-order valence-corrected chi connectivity index (χ3v) is 3.53. The second-order valence-electron chi connectivity index (χ2n) is 4.38. The van der Waals surface area contributed by atoms with Crippen molar-refractivity contribution >= 4 is 46.4 Å². The third-order valence-electron chi connectivity index (χ3n) is 2.72. The van der Waals surface area contributed by atoms with Crippen molar-refractivity contribution < 1.29 is 9.59 Å². The summed E-state index contributed by atoms with van der Waals surface area (Å²) in [7, 11) is 0. The molecular weight excluding hydrogens is 311 g/mol. The van der Waals surface area contributed by atoms with Gasteiger partial charge in [0.25, 0.3) is 0 Å². The van der Waals surface area contributed by atoms with Crippen LogP contribution in [0.4, 0.5) is 11.4 Å². The molecule has 0 spiro atoms. The minimum absolute atomic E-state index is 0.190. The average molecular weight is 323 g/mol. The van der Waals surface area contributed by atoms with Crippen LogP contribution < -0.4 is 10.6 Å². The molecule has 108 valence electrons. The van der Waals surface area contributed by atoms with Gasteiger partial charge in [-0.05, 0) is 31.2 Å². The maximum atomic E-state index is 11.8. The fourth-order valence-corrected chi connectivity index (χ4v) is 1.95. The van der Waals surface area contributed by atoms with Crippen LogP contribution in [0.2, 0.25) is 10.0 Å². The highest BCUT2D eigenvalue weighted by molar-refractivity contribution is 6.47. The van der Waals surface area contributed by atoms with E-state index >= 15 is 0 Å². The molecule has 0 atom stereocenters. The number of nitrogens with one attached hydrogen (secondary N) is 2. The summed E-state index contributed by atoms with van der Waals surface area (Å²) in [5.41, 5.74) is 1.88. The zero-order valence-corrected chi connectivity index (χ0v) is 12.6. The van der Waals surface area contributed by atoms with E-state index in [2.05, 4.69) is 10.6 Å². The second kappa shape index (κ2) is 6.61. The van der Waals surface area contributed by atoms with Crippen LogP contribution in [0.15, 0.2) is 42.5 Å². The molecule has 2 amide bonds. The maximum absolute atomic E-state index is 11.8. The number of rotatable bonds is 2. The maximum Gasteiger partial charge on any atom is 0.314 e. The molecule has 2 aromatic rings. The van der Waals surface area contributed by atoms with Gasteiger partial charge in [0.05, 0.1) is 15.7 Å². The van der Waals surface area contributed by atoms with Crippen molar-refractivity contribution in [1.82, 2.24) is 0 Å². The number of carbonyl (C=O) groups is 2. The summed E-state index contributed by atoms with van der Waals surface area (Å²) < 4.78 is 0. The molecule has 2 rings (SSSR count). The number of anilines is 2. The zero-order chi connectivity index (χ0) is 15.4. The molecule has 0 unspecified atom stereocenters. The van der Waals surface area contributed by atoms with Gasteiger partial charge in [-0.15, -0.1) is 0 Å². The van der Waals surface area contributed by atoms with Crippen LogP contribution in [0, 0.1) is 6.92 Å². The molecular formula is C15H12Cl2N2O2. The minimum Gasteiger partial charge on any atom is -0.318 e. The van der Waals surface area contributed by atoms with Gasteiger partial charge in [-0.3, -0.25) is 9.59 Å². The molecule has 0 aliphatic carbocycles. The Labute approximate surface area is 132 Å². The summed E-state index contributed by atoms with van der Waals surface area (Å²) in [5.74, 6) is -1.60. The molecule has 0 saturated heterocycles. The Morgan fingerprint density at radius 3 is 2.19 bits per heavy atom. The van der Waals surface area contributed by atoms with Crippen molar-refractivity contribution in [2.75, 3.05) is 10.6 Å². The van der Waals surface area contributed by atoms with E-state index < -0.39 is 11.8 Å². The lowest BCUT2D eigenvalue weighted by molar-refractivity contribution is -0.132. The Morgan fingerprint density at radius 2 is 1.52 bits per heavy atom. The first-order valence-electron chi connectivity index (χ1n) is 6.10. The molecule has 0 radical (unpaired) electrons. The average Bonchev–Trinajstić information content (AvgIpc) is 2.46. The Bertz CT molecular complexity index is 685. The summed E-state index contributed by atoms with van der Waals surface area (Å²) in [5, 5.41) is 5.40. The van der Waals surface area contributed by atoms with Gasteiger partial charge in [-0.2, -0.15) is 0 Å². The van der Waals surface area contributed by atoms with Crippen molar-refractivity contribution in [1.29, 1.82) is 0 Å². The molecule has 6 heteroatoms. The van der Waals surface area contributed by atoms with Crippen molar-refractivity contribution in [3.05, 3.63) is 58.1 Å². The summed E-state index contributed by atoms with van der Waals surface area (Å²) in [6.45, 7) is 1.93. The molecule has 2 aromatic carbocycles. The van der Waals surface area contributed by atoms with E-state index in [1.165, 1.54) is 0 Å². The van der Waals surface area contributed by atoms with Crippen LogP contribution in [0.25, 0.3) is 0 Å². The molecule has 0 aliphatic rings. The van der Waals surface area contributed by atoms with Crippen molar-refractivity contribution in [2.45, 2.75) is 6.92 Å². The number of carbonyl (C=O) groups excluding carboxylic acids is 2. The van der Waals surface area contributed by atoms with E-state index in [1.807, 2.05) is 19.1 Å². The van der Waals surface area contributed by atoms with E-state index in [0.29, 0.717) is 10.7 Å². The fraction of sp³-hybridized carbons (Fsp3) is 0.0667. The van der Waals surface area contributed by atoms with Gasteiger partial charge in [0, 0.05) is 5.69 Å². The van der Waals surface area contributed by atoms with E-state index in [4.69, 9.17) is 23.2 Å².